The molecule has 0 unspecified atom stereocenters. The number of benzene rings is 2. The van der Waals surface area contributed by atoms with E-state index >= 15 is 0 Å². The molecule has 3 N–H and O–H groups in total. The summed E-state index contributed by atoms with van der Waals surface area (Å²) in [5, 5.41) is 2.84. The van der Waals surface area contributed by atoms with Crippen LogP contribution in [0.1, 0.15) is 68.9 Å². The topological polar surface area (TPSA) is 92.5 Å². The molecule has 1 heterocycles. The number of nitrogens with zero attached hydrogens (tertiary/aromatic N) is 1. The summed E-state index contributed by atoms with van der Waals surface area (Å²) in [4.78, 5) is 39.7. The van der Waals surface area contributed by atoms with E-state index in [4.69, 9.17) is 5.73 Å². The summed E-state index contributed by atoms with van der Waals surface area (Å²) >= 11 is 0. The lowest BCUT2D eigenvalue weighted by molar-refractivity contribution is 0.0922. The van der Waals surface area contributed by atoms with Gasteiger partial charge in [-0.2, -0.15) is 0 Å². The van der Waals surface area contributed by atoms with E-state index in [1.54, 1.807) is 12.1 Å². The molecule has 7 heteroatoms. The first-order valence-corrected chi connectivity index (χ1v) is 9.88. The van der Waals surface area contributed by atoms with Crippen LogP contribution in [0.2, 0.25) is 0 Å². The van der Waals surface area contributed by atoms with Crippen LogP contribution in [-0.2, 0) is 0 Å². The van der Waals surface area contributed by atoms with Gasteiger partial charge in [-0.1, -0.05) is 26.0 Å². The summed E-state index contributed by atoms with van der Waals surface area (Å²) in [7, 11) is 0. The molecule has 0 saturated carbocycles. The predicted octanol–water partition coefficient (Wildman–Crippen LogP) is 3.77. The predicted molar refractivity (Wildman–Crippen MR) is 121 cm³/mol. The van der Waals surface area contributed by atoms with Crippen LogP contribution in [-0.4, -0.2) is 29.8 Å². The van der Waals surface area contributed by atoms with Crippen LogP contribution >= 0.6 is 12.4 Å². The van der Waals surface area contributed by atoms with E-state index in [9.17, 15) is 14.4 Å². The Morgan fingerprint density at radius 1 is 1.00 bits per heavy atom. The molecule has 1 aliphatic rings. The largest absolute Gasteiger partial charge is 0.350 e. The number of fused-ring (bicyclic) bond motifs is 1. The number of hydrogen-bond acceptors (Lipinski definition) is 4. The number of rotatable bonds is 6. The summed E-state index contributed by atoms with van der Waals surface area (Å²) in [5.74, 6) is -1.10. The minimum Gasteiger partial charge on any atom is -0.350 e. The second-order valence-corrected chi connectivity index (χ2v) is 7.75. The molecule has 0 saturated heterocycles. The molecule has 160 valence electrons. The maximum Gasteiger partial charge on any atom is 0.266 e. The minimum atomic E-state index is -0.461. The Morgan fingerprint density at radius 3 is 2.27 bits per heavy atom. The third kappa shape index (κ3) is 4.25. The number of aryl methyl sites for hydroxylation is 2. The van der Waals surface area contributed by atoms with Crippen LogP contribution in [0.5, 0.6) is 0 Å². The summed E-state index contributed by atoms with van der Waals surface area (Å²) in [5.41, 5.74) is 9.03. The Kier molecular flexibility index (Phi) is 7.06. The van der Waals surface area contributed by atoms with Gasteiger partial charge in [0.05, 0.1) is 16.8 Å². The lowest BCUT2D eigenvalue weighted by Crippen LogP contribution is -2.49. The highest BCUT2D eigenvalue weighted by atomic mass is 35.5. The van der Waals surface area contributed by atoms with Crippen LogP contribution in [0.3, 0.4) is 0 Å². The molecule has 0 fully saturated rings. The first kappa shape index (κ1) is 23.6. The first-order chi connectivity index (χ1) is 13.7. The van der Waals surface area contributed by atoms with E-state index in [1.807, 2.05) is 45.9 Å². The summed E-state index contributed by atoms with van der Waals surface area (Å²) in [6.45, 7) is 8.08. The van der Waals surface area contributed by atoms with Crippen molar-refractivity contribution in [3.63, 3.8) is 0 Å². The average Bonchev–Trinajstić information content (AvgIpc) is 2.97. The highest BCUT2D eigenvalue weighted by molar-refractivity contribution is 6.35. The zero-order valence-electron chi connectivity index (χ0n) is 17.7. The summed E-state index contributed by atoms with van der Waals surface area (Å²) < 4.78 is 0. The van der Waals surface area contributed by atoms with Gasteiger partial charge in [0.25, 0.3) is 17.7 Å². The van der Waals surface area contributed by atoms with Crippen molar-refractivity contribution in [1.82, 2.24) is 5.32 Å². The fraction of sp³-hybridized carbons (Fsp3) is 0.348. The number of imide groups is 1. The van der Waals surface area contributed by atoms with Crippen molar-refractivity contribution in [1.29, 1.82) is 0 Å². The summed E-state index contributed by atoms with van der Waals surface area (Å²) in [6, 6.07) is 10.2. The van der Waals surface area contributed by atoms with E-state index in [1.165, 1.54) is 11.0 Å². The Balaban J connectivity index is 0.00000320. The highest BCUT2D eigenvalue weighted by Gasteiger charge is 2.38. The molecule has 0 radical (unpaired) electrons. The second kappa shape index (κ2) is 8.98. The normalized spacial score (nSPS) is 13.2. The van der Waals surface area contributed by atoms with Gasteiger partial charge in [0.15, 0.2) is 0 Å². The molecule has 30 heavy (non-hydrogen) atoms. The van der Waals surface area contributed by atoms with Crippen molar-refractivity contribution in [2.75, 3.05) is 11.4 Å². The van der Waals surface area contributed by atoms with Gasteiger partial charge >= 0.3 is 0 Å². The van der Waals surface area contributed by atoms with Gasteiger partial charge in [0.1, 0.15) is 0 Å². The van der Waals surface area contributed by atoms with E-state index in [0.29, 0.717) is 23.4 Å². The smallest absolute Gasteiger partial charge is 0.266 e. The van der Waals surface area contributed by atoms with Gasteiger partial charge < -0.3 is 11.1 Å². The lowest BCUT2D eigenvalue weighted by atomic mass is 9.94. The maximum absolute atomic E-state index is 13.0. The number of nitrogens with one attached hydrogen (secondary N) is 1. The van der Waals surface area contributed by atoms with Crippen molar-refractivity contribution >= 4 is 35.8 Å². The zero-order valence-corrected chi connectivity index (χ0v) is 18.6. The van der Waals surface area contributed by atoms with Crippen LogP contribution < -0.4 is 16.0 Å². The van der Waals surface area contributed by atoms with E-state index in [0.717, 1.165) is 24.0 Å². The monoisotopic (exact) mass is 429 g/mol. The van der Waals surface area contributed by atoms with Crippen molar-refractivity contribution in [2.24, 2.45) is 5.73 Å². The SMILES string of the molecule is CCC(N)(CC)CNC(=O)c1ccc2c(c1)C(=O)N(c1cc(C)ccc1C)C2=O.Cl. The Labute approximate surface area is 183 Å². The van der Waals surface area contributed by atoms with Crippen molar-refractivity contribution in [3.8, 4) is 0 Å². The van der Waals surface area contributed by atoms with E-state index in [-0.39, 0.29) is 29.8 Å². The third-order valence-corrected chi connectivity index (χ3v) is 5.76. The minimum absolute atomic E-state index is 0. The number of carbonyl (C=O) groups excluding carboxylic acids is 3. The van der Waals surface area contributed by atoms with Gasteiger partial charge in [0, 0.05) is 17.6 Å². The van der Waals surface area contributed by atoms with Gasteiger partial charge in [0.2, 0.25) is 0 Å². The second-order valence-electron chi connectivity index (χ2n) is 7.75. The third-order valence-electron chi connectivity index (χ3n) is 5.76. The fourth-order valence-corrected chi connectivity index (χ4v) is 3.42. The molecular formula is C23H28ClN3O3. The maximum atomic E-state index is 13.0. The molecule has 3 amide bonds. The quantitative estimate of drug-likeness (QED) is 0.683. The standard InChI is InChI=1S/C23H27N3O3.ClH/c1-5-23(24,6-2)13-25-20(27)16-9-10-17-18(12-16)22(29)26(21(17)28)19-11-14(3)7-8-15(19)4;/h7-12H,5-6,13,24H2,1-4H3,(H,25,27);1H. The van der Waals surface area contributed by atoms with E-state index < -0.39 is 11.4 Å². The van der Waals surface area contributed by atoms with E-state index in [2.05, 4.69) is 5.32 Å². The van der Waals surface area contributed by atoms with Crippen LogP contribution in [0.25, 0.3) is 0 Å². The first-order valence-electron chi connectivity index (χ1n) is 9.88. The molecule has 0 aliphatic carbocycles. The van der Waals surface area contributed by atoms with Gasteiger partial charge in [-0.3, -0.25) is 14.4 Å². The number of amides is 3. The average molecular weight is 430 g/mol. The molecule has 2 aromatic rings. The molecule has 3 rings (SSSR count). The molecule has 0 aromatic heterocycles. The Morgan fingerprint density at radius 2 is 1.63 bits per heavy atom. The van der Waals surface area contributed by atoms with Gasteiger partial charge in [-0.05, 0) is 62.1 Å². The number of halogens is 1. The number of nitrogens with two attached hydrogens (primary N) is 1. The van der Waals surface area contributed by atoms with Crippen LogP contribution in [0.4, 0.5) is 5.69 Å². The number of hydrogen-bond donors (Lipinski definition) is 2. The van der Waals surface area contributed by atoms with Crippen molar-refractivity contribution < 1.29 is 14.4 Å². The fourth-order valence-electron chi connectivity index (χ4n) is 3.42. The Hall–Kier alpha value is -2.70. The van der Waals surface area contributed by atoms with Crippen molar-refractivity contribution in [3.05, 3.63) is 64.2 Å². The van der Waals surface area contributed by atoms with Crippen molar-refractivity contribution in [2.45, 2.75) is 46.1 Å². The molecule has 2 aromatic carbocycles. The highest BCUT2D eigenvalue weighted by Crippen LogP contribution is 2.31. The van der Waals surface area contributed by atoms with Crippen LogP contribution in [0.15, 0.2) is 36.4 Å². The van der Waals surface area contributed by atoms with Gasteiger partial charge in [-0.15, -0.1) is 12.4 Å². The molecule has 0 atom stereocenters. The molecule has 0 spiro atoms. The molecule has 1 aliphatic heterocycles. The number of anilines is 1. The summed E-state index contributed by atoms with van der Waals surface area (Å²) in [6.07, 6.45) is 1.48. The Bertz CT molecular complexity index is 999. The van der Waals surface area contributed by atoms with Gasteiger partial charge in [-0.25, -0.2) is 4.90 Å². The molecular weight excluding hydrogens is 402 g/mol. The molecule has 0 bridgehead atoms. The zero-order chi connectivity index (χ0) is 21.3. The van der Waals surface area contributed by atoms with Crippen LogP contribution in [0, 0.1) is 13.8 Å². The molecule has 6 nitrogen and oxygen atoms in total. The lowest BCUT2D eigenvalue weighted by Gasteiger charge is -2.26. The number of carbonyl (C=O) groups is 3.